The van der Waals surface area contributed by atoms with E-state index in [-0.39, 0.29) is 12.3 Å². The van der Waals surface area contributed by atoms with Crippen LogP contribution in [-0.4, -0.2) is 24.2 Å². The van der Waals surface area contributed by atoms with E-state index < -0.39 is 5.97 Å². The van der Waals surface area contributed by atoms with Crippen molar-refractivity contribution in [3.05, 3.63) is 23.8 Å². The topological polar surface area (TPSA) is 58.6 Å². The Kier molecular flexibility index (Phi) is 5.49. The number of aliphatic carboxylic acids is 1. The van der Waals surface area contributed by atoms with E-state index in [0.717, 1.165) is 17.0 Å². The summed E-state index contributed by atoms with van der Waals surface area (Å²) in [5.41, 5.74) is 2.07. The third-order valence-electron chi connectivity index (χ3n) is 2.65. The van der Waals surface area contributed by atoms with Crippen LogP contribution in [0.3, 0.4) is 0 Å². The lowest BCUT2D eigenvalue weighted by molar-refractivity contribution is -0.137. The van der Waals surface area contributed by atoms with Crippen LogP contribution in [0, 0.1) is 12.8 Å². The van der Waals surface area contributed by atoms with Crippen LogP contribution in [0.1, 0.15) is 25.8 Å². The molecule has 0 aromatic heterocycles. The second kappa shape index (κ2) is 6.89. The van der Waals surface area contributed by atoms with Gasteiger partial charge in [-0.25, -0.2) is 0 Å². The second-order valence-electron chi connectivity index (χ2n) is 4.50. The van der Waals surface area contributed by atoms with E-state index in [1.54, 1.807) is 0 Å². The molecule has 4 nitrogen and oxygen atoms in total. The predicted molar refractivity (Wildman–Crippen MR) is 72.3 cm³/mol. The van der Waals surface area contributed by atoms with Crippen molar-refractivity contribution in [1.82, 2.24) is 0 Å². The largest absolute Gasteiger partial charge is 0.494 e. The highest BCUT2D eigenvalue weighted by molar-refractivity contribution is 5.67. The maximum absolute atomic E-state index is 10.5. The van der Waals surface area contributed by atoms with Crippen LogP contribution in [0.5, 0.6) is 5.75 Å². The van der Waals surface area contributed by atoms with E-state index in [2.05, 4.69) is 5.32 Å². The van der Waals surface area contributed by atoms with Gasteiger partial charge in [0.2, 0.25) is 0 Å². The molecule has 1 rings (SSSR count). The summed E-state index contributed by atoms with van der Waals surface area (Å²) >= 11 is 0. The normalized spacial score (nSPS) is 11.9. The molecule has 0 saturated carbocycles. The third kappa shape index (κ3) is 4.65. The van der Waals surface area contributed by atoms with Crippen molar-refractivity contribution in [3.8, 4) is 5.75 Å². The number of nitrogens with one attached hydrogen (secondary N) is 1. The fourth-order valence-electron chi connectivity index (χ4n) is 1.74. The highest BCUT2D eigenvalue weighted by Crippen LogP contribution is 2.22. The Hall–Kier alpha value is -1.71. The highest BCUT2D eigenvalue weighted by Gasteiger charge is 2.07. The molecule has 18 heavy (non-hydrogen) atoms. The van der Waals surface area contributed by atoms with Gasteiger partial charge in [0.1, 0.15) is 5.75 Å². The zero-order valence-electron chi connectivity index (χ0n) is 11.2. The summed E-state index contributed by atoms with van der Waals surface area (Å²) in [5.74, 6) is 0.239. The minimum Gasteiger partial charge on any atom is -0.494 e. The van der Waals surface area contributed by atoms with Crippen LogP contribution in [0.15, 0.2) is 18.2 Å². The lowest BCUT2D eigenvalue weighted by Gasteiger charge is -2.13. The number of carbonyl (C=O) groups is 1. The van der Waals surface area contributed by atoms with Crippen LogP contribution in [-0.2, 0) is 4.79 Å². The van der Waals surface area contributed by atoms with Gasteiger partial charge in [0, 0.05) is 18.7 Å². The number of ether oxygens (including phenoxy) is 1. The van der Waals surface area contributed by atoms with Gasteiger partial charge in [-0.3, -0.25) is 4.79 Å². The van der Waals surface area contributed by atoms with Crippen LogP contribution >= 0.6 is 0 Å². The van der Waals surface area contributed by atoms with Gasteiger partial charge in [0.25, 0.3) is 0 Å². The minimum atomic E-state index is -0.757. The van der Waals surface area contributed by atoms with Gasteiger partial charge >= 0.3 is 5.97 Å². The van der Waals surface area contributed by atoms with Gasteiger partial charge < -0.3 is 15.2 Å². The monoisotopic (exact) mass is 251 g/mol. The molecule has 4 heteroatoms. The van der Waals surface area contributed by atoms with Crippen molar-refractivity contribution in [2.45, 2.75) is 27.2 Å². The molecule has 0 fully saturated rings. The van der Waals surface area contributed by atoms with Gasteiger partial charge in [-0.15, -0.1) is 0 Å². The van der Waals surface area contributed by atoms with E-state index in [1.807, 2.05) is 39.0 Å². The summed E-state index contributed by atoms with van der Waals surface area (Å²) in [5, 5.41) is 11.9. The molecule has 1 aromatic carbocycles. The summed E-state index contributed by atoms with van der Waals surface area (Å²) in [6.07, 6.45) is 0.184. The van der Waals surface area contributed by atoms with E-state index >= 15 is 0 Å². The quantitative estimate of drug-likeness (QED) is 0.782. The molecule has 0 radical (unpaired) electrons. The summed E-state index contributed by atoms with van der Waals surface area (Å²) < 4.78 is 5.46. The first kappa shape index (κ1) is 14.4. The lowest BCUT2D eigenvalue weighted by atomic mass is 10.1. The van der Waals surface area contributed by atoms with Gasteiger partial charge in [-0.2, -0.15) is 0 Å². The van der Waals surface area contributed by atoms with Crippen molar-refractivity contribution >= 4 is 11.7 Å². The molecule has 0 spiro atoms. The van der Waals surface area contributed by atoms with Crippen molar-refractivity contribution in [3.63, 3.8) is 0 Å². The lowest BCUT2D eigenvalue weighted by Crippen LogP contribution is -2.15. The van der Waals surface area contributed by atoms with Gasteiger partial charge in [0.05, 0.1) is 6.61 Å². The second-order valence-corrected chi connectivity index (χ2v) is 4.50. The number of hydrogen-bond donors (Lipinski definition) is 2. The predicted octanol–water partition coefficient (Wildman–Crippen LogP) is 2.92. The average molecular weight is 251 g/mol. The molecule has 0 aliphatic carbocycles. The molecule has 0 aliphatic heterocycles. The van der Waals surface area contributed by atoms with Crippen LogP contribution in [0.2, 0.25) is 0 Å². The number of rotatable bonds is 7. The molecule has 1 unspecified atom stereocenters. The van der Waals surface area contributed by atoms with Gasteiger partial charge in [-0.05, 0) is 43.5 Å². The summed E-state index contributed by atoms with van der Waals surface area (Å²) in [4.78, 5) is 10.5. The van der Waals surface area contributed by atoms with E-state index in [0.29, 0.717) is 13.2 Å². The molecule has 0 amide bonds. The molecule has 0 aliphatic rings. The Labute approximate surface area is 108 Å². The third-order valence-corrected chi connectivity index (χ3v) is 2.65. The number of anilines is 1. The average Bonchev–Trinajstić information content (AvgIpc) is 2.29. The molecule has 2 N–H and O–H groups in total. The molecule has 0 bridgehead atoms. The number of benzene rings is 1. The van der Waals surface area contributed by atoms with Gasteiger partial charge in [-0.1, -0.05) is 6.92 Å². The SMILES string of the molecule is CCOc1ccc(NCC(C)CC(=O)O)cc1C. The maximum atomic E-state index is 10.5. The number of hydrogen-bond acceptors (Lipinski definition) is 3. The van der Waals surface area contributed by atoms with Gasteiger partial charge in [0.15, 0.2) is 0 Å². The molecular formula is C14H21NO3. The Morgan fingerprint density at radius 1 is 1.50 bits per heavy atom. The van der Waals surface area contributed by atoms with Crippen molar-refractivity contribution in [2.24, 2.45) is 5.92 Å². The Bertz CT molecular complexity index is 404. The first-order chi connectivity index (χ1) is 8.52. The zero-order chi connectivity index (χ0) is 13.5. The Morgan fingerprint density at radius 3 is 2.78 bits per heavy atom. The summed E-state index contributed by atoms with van der Waals surface area (Å²) in [7, 11) is 0. The molecule has 100 valence electrons. The molecule has 1 aromatic rings. The van der Waals surface area contributed by atoms with E-state index in [4.69, 9.17) is 9.84 Å². The van der Waals surface area contributed by atoms with E-state index in [1.165, 1.54) is 0 Å². The van der Waals surface area contributed by atoms with Crippen LogP contribution < -0.4 is 10.1 Å². The number of carboxylic acids is 1. The van der Waals surface area contributed by atoms with E-state index in [9.17, 15) is 4.79 Å². The Morgan fingerprint density at radius 2 is 2.22 bits per heavy atom. The first-order valence-corrected chi connectivity index (χ1v) is 6.22. The minimum absolute atomic E-state index is 0.106. The summed E-state index contributed by atoms with van der Waals surface area (Å²) in [6, 6.07) is 5.90. The highest BCUT2D eigenvalue weighted by atomic mass is 16.5. The van der Waals surface area contributed by atoms with Crippen molar-refractivity contribution in [2.75, 3.05) is 18.5 Å². The maximum Gasteiger partial charge on any atom is 0.303 e. The molecule has 0 heterocycles. The smallest absolute Gasteiger partial charge is 0.303 e. The number of aryl methyl sites for hydroxylation is 1. The van der Waals surface area contributed by atoms with Crippen LogP contribution in [0.4, 0.5) is 5.69 Å². The first-order valence-electron chi connectivity index (χ1n) is 6.22. The molecule has 1 atom stereocenters. The summed E-state index contributed by atoms with van der Waals surface area (Å²) in [6.45, 7) is 7.18. The standard InChI is InChI=1S/C14H21NO3/c1-4-18-13-6-5-12(8-11(13)3)15-9-10(2)7-14(16)17/h5-6,8,10,15H,4,7,9H2,1-3H3,(H,16,17). The fourth-order valence-corrected chi connectivity index (χ4v) is 1.74. The van der Waals surface area contributed by atoms with Crippen molar-refractivity contribution in [1.29, 1.82) is 0 Å². The number of carboxylic acid groups (broad SMARTS) is 1. The van der Waals surface area contributed by atoms with Crippen LogP contribution in [0.25, 0.3) is 0 Å². The zero-order valence-corrected chi connectivity index (χ0v) is 11.2. The van der Waals surface area contributed by atoms with Crippen molar-refractivity contribution < 1.29 is 14.6 Å². The molecule has 0 saturated heterocycles. The fraction of sp³-hybridized carbons (Fsp3) is 0.500. The Balaban J connectivity index is 2.53. The molecular weight excluding hydrogens is 230 g/mol.